The van der Waals surface area contributed by atoms with Gasteiger partial charge in [0.15, 0.2) is 11.6 Å². The molecule has 6 unspecified atom stereocenters. The number of aromatic hydroxyl groups is 1. The molecule has 8 heteroatoms. The van der Waals surface area contributed by atoms with Crippen molar-refractivity contribution in [3.63, 3.8) is 0 Å². The molecule has 4 aromatic carbocycles. The first-order valence-electron chi connectivity index (χ1n) is 15.7. The third-order valence-corrected chi connectivity index (χ3v) is 10.8. The quantitative estimate of drug-likeness (QED) is 0.231. The van der Waals surface area contributed by atoms with E-state index in [-0.39, 0.29) is 35.7 Å². The molecule has 6 atom stereocenters. The van der Waals surface area contributed by atoms with Crippen LogP contribution in [0.3, 0.4) is 0 Å². The average Bonchev–Trinajstić information content (AvgIpc) is 3.36. The smallest absolute Gasteiger partial charge is 0.328 e. The van der Waals surface area contributed by atoms with E-state index in [0.29, 0.717) is 32.5 Å². The Hall–Kier alpha value is -5.63. The number of likely N-dealkylation sites (tertiary alicyclic amines) is 1. The topological polar surface area (TPSA) is 135 Å². The number of amides is 4. The molecule has 8 nitrogen and oxygen atoms in total. The molecular formula is C39H30N2O6. The van der Waals surface area contributed by atoms with Gasteiger partial charge < -0.3 is 10.8 Å². The SMILES string of the molecule is NC(=O)N1C(=O)C2CC=C3C(CC4C(=O)C(c5ccccc5)=CC(=O)C4(c4ccccc4)C3c3ccc4ccccc4c3O)C2C1=O. The molecule has 4 amide bonds. The van der Waals surface area contributed by atoms with Gasteiger partial charge in [0.25, 0.3) is 0 Å². The number of ketones is 2. The van der Waals surface area contributed by atoms with Crippen LogP contribution in [0.25, 0.3) is 16.3 Å². The number of phenolic OH excluding ortho intramolecular Hbond substituents is 1. The molecule has 3 N–H and O–H groups in total. The first kappa shape index (κ1) is 28.8. The number of hydrogen-bond acceptors (Lipinski definition) is 6. The van der Waals surface area contributed by atoms with Crippen molar-refractivity contribution < 1.29 is 29.1 Å². The molecule has 47 heavy (non-hydrogen) atoms. The maximum atomic E-state index is 15.1. The number of carbonyl (C=O) groups is 5. The lowest BCUT2D eigenvalue weighted by molar-refractivity contribution is -0.137. The van der Waals surface area contributed by atoms with Crippen LogP contribution >= 0.6 is 0 Å². The molecule has 1 saturated heterocycles. The number of urea groups is 1. The summed E-state index contributed by atoms with van der Waals surface area (Å²) in [5, 5.41) is 13.4. The van der Waals surface area contributed by atoms with Crippen LogP contribution < -0.4 is 5.73 Å². The van der Waals surface area contributed by atoms with Crippen molar-refractivity contribution in [3.8, 4) is 5.75 Å². The van der Waals surface area contributed by atoms with Gasteiger partial charge in [-0.3, -0.25) is 19.2 Å². The lowest BCUT2D eigenvalue weighted by atomic mass is 9.44. The highest BCUT2D eigenvalue weighted by molar-refractivity contribution is 6.32. The van der Waals surface area contributed by atoms with E-state index in [9.17, 15) is 24.3 Å². The molecule has 1 heterocycles. The van der Waals surface area contributed by atoms with Crippen molar-refractivity contribution in [2.24, 2.45) is 29.4 Å². The Bertz CT molecular complexity index is 2100. The zero-order valence-corrected chi connectivity index (χ0v) is 25.2. The van der Waals surface area contributed by atoms with Gasteiger partial charge in [-0.1, -0.05) is 109 Å². The van der Waals surface area contributed by atoms with Crippen LogP contribution in [0.2, 0.25) is 0 Å². The third kappa shape index (κ3) is 3.91. The van der Waals surface area contributed by atoms with E-state index >= 15 is 4.79 Å². The van der Waals surface area contributed by atoms with Crippen molar-refractivity contribution in [3.05, 3.63) is 131 Å². The number of nitrogens with two attached hydrogens (primary N) is 1. The second kappa shape index (κ2) is 10.5. The molecule has 8 rings (SSSR count). The van der Waals surface area contributed by atoms with Gasteiger partial charge in [-0.05, 0) is 41.3 Å². The van der Waals surface area contributed by atoms with Crippen LogP contribution in [-0.4, -0.2) is 39.4 Å². The Morgan fingerprint density at radius 2 is 1.49 bits per heavy atom. The zero-order valence-electron chi connectivity index (χ0n) is 25.2. The largest absolute Gasteiger partial charge is 0.507 e. The van der Waals surface area contributed by atoms with E-state index in [2.05, 4.69) is 0 Å². The number of nitrogens with zero attached hydrogens (tertiary/aromatic N) is 1. The van der Waals surface area contributed by atoms with Gasteiger partial charge in [0.1, 0.15) is 5.75 Å². The van der Waals surface area contributed by atoms with Gasteiger partial charge >= 0.3 is 6.03 Å². The van der Waals surface area contributed by atoms with Crippen LogP contribution in [0.4, 0.5) is 4.79 Å². The molecule has 1 saturated carbocycles. The van der Waals surface area contributed by atoms with E-state index in [1.54, 1.807) is 36.4 Å². The number of phenols is 1. The average molecular weight is 623 g/mol. The lowest BCUT2D eigenvalue weighted by Crippen LogP contribution is -2.58. The van der Waals surface area contributed by atoms with Crippen LogP contribution in [0, 0.1) is 23.7 Å². The number of fused-ring (bicyclic) bond motifs is 5. The van der Waals surface area contributed by atoms with E-state index in [1.807, 2.05) is 66.7 Å². The summed E-state index contributed by atoms with van der Waals surface area (Å²) >= 11 is 0. The number of Topliss-reactive ketones (excluding diaryl/α,β-unsaturated/α-hetero) is 1. The van der Waals surface area contributed by atoms with Crippen LogP contribution in [0.1, 0.15) is 35.4 Å². The van der Waals surface area contributed by atoms with E-state index in [0.717, 1.165) is 5.39 Å². The lowest BCUT2D eigenvalue weighted by Gasteiger charge is -2.55. The summed E-state index contributed by atoms with van der Waals surface area (Å²) in [7, 11) is 0. The summed E-state index contributed by atoms with van der Waals surface area (Å²) < 4.78 is 0. The third-order valence-electron chi connectivity index (χ3n) is 10.8. The van der Waals surface area contributed by atoms with Gasteiger partial charge in [0, 0.05) is 28.4 Å². The Kier molecular flexibility index (Phi) is 6.41. The number of carbonyl (C=O) groups excluding carboxylic acids is 5. The van der Waals surface area contributed by atoms with Crippen LogP contribution in [0.5, 0.6) is 5.75 Å². The molecule has 0 bridgehead atoms. The van der Waals surface area contributed by atoms with Gasteiger partial charge in [0.2, 0.25) is 11.8 Å². The number of primary amides is 1. The Labute approximate surface area is 270 Å². The number of benzene rings is 4. The van der Waals surface area contributed by atoms with Gasteiger partial charge in [-0.15, -0.1) is 0 Å². The van der Waals surface area contributed by atoms with Gasteiger partial charge in [-0.2, -0.15) is 4.90 Å². The molecule has 4 aromatic rings. The number of allylic oxidation sites excluding steroid dienone is 4. The van der Waals surface area contributed by atoms with Crippen molar-refractivity contribution >= 4 is 45.8 Å². The minimum absolute atomic E-state index is 0.0171. The van der Waals surface area contributed by atoms with Crippen LogP contribution in [-0.2, 0) is 24.6 Å². The molecule has 0 aromatic heterocycles. The summed E-state index contributed by atoms with van der Waals surface area (Å²) in [6, 6.07) is 28.1. The van der Waals surface area contributed by atoms with Crippen molar-refractivity contribution in [2.75, 3.05) is 0 Å². The summed E-state index contributed by atoms with van der Waals surface area (Å²) in [5.74, 6) is -6.15. The summed E-state index contributed by atoms with van der Waals surface area (Å²) in [6.45, 7) is 0. The Balaban J connectivity index is 1.44. The normalized spacial score (nSPS) is 28.3. The summed E-state index contributed by atoms with van der Waals surface area (Å²) in [5.41, 5.74) is 6.69. The highest BCUT2D eigenvalue weighted by Crippen LogP contribution is 2.64. The summed E-state index contributed by atoms with van der Waals surface area (Å²) in [4.78, 5) is 70.0. The minimum Gasteiger partial charge on any atom is -0.507 e. The van der Waals surface area contributed by atoms with Crippen molar-refractivity contribution in [1.29, 1.82) is 0 Å². The second-order valence-corrected chi connectivity index (χ2v) is 12.9. The molecule has 2 fully saturated rings. The highest BCUT2D eigenvalue weighted by Gasteiger charge is 2.66. The molecule has 0 radical (unpaired) electrons. The van der Waals surface area contributed by atoms with Gasteiger partial charge in [0.05, 0.1) is 17.3 Å². The molecular weight excluding hydrogens is 592 g/mol. The van der Waals surface area contributed by atoms with Crippen molar-refractivity contribution in [2.45, 2.75) is 24.2 Å². The number of rotatable bonds is 3. The maximum Gasteiger partial charge on any atom is 0.328 e. The number of imide groups is 3. The fraction of sp³-hybridized carbons (Fsp3) is 0.205. The van der Waals surface area contributed by atoms with E-state index in [1.165, 1.54) is 6.08 Å². The molecule has 3 aliphatic carbocycles. The van der Waals surface area contributed by atoms with Crippen LogP contribution in [0.15, 0.2) is 115 Å². The van der Waals surface area contributed by atoms with Gasteiger partial charge in [-0.25, -0.2) is 4.79 Å². The minimum atomic E-state index is -1.47. The fourth-order valence-electron chi connectivity index (χ4n) is 8.94. The fourth-order valence-corrected chi connectivity index (χ4v) is 8.94. The van der Waals surface area contributed by atoms with E-state index in [4.69, 9.17) is 5.73 Å². The standard InChI is InChI=1S/C39H30N2O6/c40-38(47)41-36(45)26-18-17-25-29(32(26)37(41)46)19-30-35(44)28(21-9-3-1-4-10-21)20-31(42)39(30,23-12-5-2-6-13-23)33(25)27-16-15-22-11-7-8-14-24(22)34(27)43/h1-17,20,26,29-30,32-33,43H,18-19H2,(H2,40,47). The van der Waals surface area contributed by atoms with E-state index < -0.39 is 52.8 Å². The molecule has 1 aliphatic heterocycles. The maximum absolute atomic E-state index is 15.1. The number of hydrogen-bond donors (Lipinski definition) is 2. The first-order valence-corrected chi connectivity index (χ1v) is 15.7. The predicted molar refractivity (Wildman–Crippen MR) is 174 cm³/mol. The molecule has 0 spiro atoms. The molecule has 232 valence electrons. The summed E-state index contributed by atoms with van der Waals surface area (Å²) in [6.07, 6.45) is 3.57. The Morgan fingerprint density at radius 1 is 0.809 bits per heavy atom. The first-order chi connectivity index (χ1) is 22.7. The predicted octanol–water partition coefficient (Wildman–Crippen LogP) is 5.45. The monoisotopic (exact) mass is 622 g/mol. The zero-order chi connectivity index (χ0) is 32.6. The Morgan fingerprint density at radius 3 is 2.21 bits per heavy atom. The van der Waals surface area contributed by atoms with Crippen molar-refractivity contribution in [1.82, 2.24) is 4.90 Å². The second-order valence-electron chi connectivity index (χ2n) is 12.9. The molecule has 4 aliphatic rings. The highest BCUT2D eigenvalue weighted by atomic mass is 16.3.